The topological polar surface area (TPSA) is 17.1 Å². The number of carbonyl (C=O) groups excluding carboxylic acids is 1. The maximum absolute atomic E-state index is 12.1. The number of fused-ring (bicyclic) bond motifs is 3. The van der Waals surface area contributed by atoms with E-state index in [9.17, 15) is 4.79 Å². The van der Waals surface area contributed by atoms with E-state index < -0.39 is 0 Å². The van der Waals surface area contributed by atoms with E-state index >= 15 is 0 Å². The summed E-state index contributed by atoms with van der Waals surface area (Å²) in [6, 6.07) is 19.9. The van der Waals surface area contributed by atoms with E-state index in [1.165, 1.54) is 29.5 Å². The monoisotopic (exact) mass is 304 g/mol. The molecule has 1 saturated carbocycles. The van der Waals surface area contributed by atoms with Crippen LogP contribution < -0.4 is 0 Å². The summed E-state index contributed by atoms with van der Waals surface area (Å²) in [5.41, 5.74) is 4.60. The molecule has 1 nitrogen and oxygen atoms in total. The fourth-order valence-corrected chi connectivity index (χ4v) is 4.92. The van der Waals surface area contributed by atoms with E-state index in [2.05, 4.69) is 54.6 Å². The molecule has 1 fully saturated rings. The van der Waals surface area contributed by atoms with Crippen molar-refractivity contribution in [1.29, 1.82) is 0 Å². The number of aryl methyl sites for hydroxylation is 1. The molecule has 2 aliphatic carbocycles. The first-order chi connectivity index (χ1) is 11.3. The number of hydrogen-bond acceptors (Lipinski definition) is 1. The highest BCUT2D eigenvalue weighted by molar-refractivity contribution is 5.80. The predicted molar refractivity (Wildman–Crippen MR) is 93.6 cm³/mol. The van der Waals surface area contributed by atoms with Crippen molar-refractivity contribution in [2.75, 3.05) is 0 Å². The smallest absolute Gasteiger partial charge is 0.133 e. The van der Waals surface area contributed by atoms with Gasteiger partial charge in [-0.1, -0.05) is 54.6 Å². The first kappa shape index (κ1) is 14.7. The summed E-state index contributed by atoms with van der Waals surface area (Å²) in [6.45, 7) is 0. The van der Waals surface area contributed by atoms with E-state index in [0.717, 1.165) is 32.1 Å². The molecule has 0 spiro atoms. The Balaban J connectivity index is 1.83. The van der Waals surface area contributed by atoms with Crippen LogP contribution in [0, 0.1) is 5.92 Å². The molecule has 2 aromatic rings. The number of carbonyl (C=O) groups is 1. The molecule has 0 aliphatic heterocycles. The molecule has 0 aromatic heterocycles. The summed E-state index contributed by atoms with van der Waals surface area (Å²) in [7, 11) is 0. The zero-order chi connectivity index (χ0) is 15.7. The van der Waals surface area contributed by atoms with Crippen molar-refractivity contribution in [3.8, 4) is 0 Å². The molecule has 4 rings (SSSR count). The van der Waals surface area contributed by atoms with Crippen molar-refractivity contribution in [3.63, 3.8) is 0 Å². The average Bonchev–Trinajstić information content (AvgIpc) is 2.73. The molecule has 23 heavy (non-hydrogen) atoms. The van der Waals surface area contributed by atoms with Gasteiger partial charge in [0.1, 0.15) is 5.78 Å². The maximum atomic E-state index is 12.1. The van der Waals surface area contributed by atoms with Crippen LogP contribution in [0.25, 0.3) is 0 Å². The second kappa shape index (κ2) is 5.96. The van der Waals surface area contributed by atoms with Gasteiger partial charge in [0, 0.05) is 18.3 Å². The number of ketones is 1. The van der Waals surface area contributed by atoms with Gasteiger partial charge in [0.15, 0.2) is 0 Å². The zero-order valence-electron chi connectivity index (χ0n) is 13.6. The molecule has 1 heteroatoms. The zero-order valence-corrected chi connectivity index (χ0v) is 13.6. The maximum Gasteiger partial charge on any atom is 0.133 e. The normalized spacial score (nSPS) is 27.0. The fourth-order valence-electron chi connectivity index (χ4n) is 4.92. The Bertz CT molecular complexity index is 703. The SMILES string of the molecule is O=C1CCC2(Cc3ccccc3)c3ccccc3CCCC2C1. The Hall–Kier alpha value is -1.89. The Morgan fingerprint density at radius 2 is 1.74 bits per heavy atom. The van der Waals surface area contributed by atoms with Crippen LogP contribution in [-0.2, 0) is 23.1 Å². The molecule has 2 atom stereocenters. The lowest BCUT2D eigenvalue weighted by molar-refractivity contribution is -0.123. The van der Waals surface area contributed by atoms with Gasteiger partial charge in [-0.2, -0.15) is 0 Å². The highest BCUT2D eigenvalue weighted by Gasteiger charge is 2.46. The van der Waals surface area contributed by atoms with Crippen LogP contribution in [0.4, 0.5) is 0 Å². The highest BCUT2D eigenvalue weighted by Crippen LogP contribution is 2.50. The van der Waals surface area contributed by atoms with Crippen LogP contribution in [0.2, 0.25) is 0 Å². The van der Waals surface area contributed by atoms with Crippen molar-refractivity contribution in [2.24, 2.45) is 5.92 Å². The summed E-state index contributed by atoms with van der Waals surface area (Å²) in [6.07, 6.45) is 7.18. The van der Waals surface area contributed by atoms with Crippen LogP contribution in [0.5, 0.6) is 0 Å². The van der Waals surface area contributed by atoms with Gasteiger partial charge in [-0.05, 0) is 54.7 Å². The third-order valence-corrected chi connectivity index (χ3v) is 6.02. The summed E-state index contributed by atoms with van der Waals surface area (Å²) in [4.78, 5) is 12.1. The quantitative estimate of drug-likeness (QED) is 0.773. The largest absolute Gasteiger partial charge is 0.300 e. The van der Waals surface area contributed by atoms with Crippen molar-refractivity contribution < 1.29 is 4.79 Å². The molecule has 2 aromatic carbocycles. The Morgan fingerprint density at radius 3 is 2.61 bits per heavy atom. The lowest BCUT2D eigenvalue weighted by Crippen LogP contribution is -2.42. The van der Waals surface area contributed by atoms with E-state index in [4.69, 9.17) is 0 Å². The van der Waals surface area contributed by atoms with Crippen LogP contribution in [0.15, 0.2) is 54.6 Å². The Labute approximate surface area is 138 Å². The lowest BCUT2D eigenvalue weighted by atomic mass is 9.59. The second-order valence-electron chi connectivity index (χ2n) is 7.31. The standard InChI is InChI=1S/C22H24O/c23-20-13-14-22(16-17-7-2-1-3-8-17)19(15-20)11-6-10-18-9-4-5-12-21(18)22/h1-5,7-9,12,19H,6,10-11,13-16H2. The number of benzene rings is 2. The van der Waals surface area contributed by atoms with Crippen LogP contribution in [0.1, 0.15) is 48.8 Å². The van der Waals surface area contributed by atoms with Gasteiger partial charge in [0.2, 0.25) is 0 Å². The van der Waals surface area contributed by atoms with Crippen LogP contribution in [0.3, 0.4) is 0 Å². The molecule has 0 heterocycles. The van der Waals surface area contributed by atoms with Gasteiger partial charge in [-0.25, -0.2) is 0 Å². The van der Waals surface area contributed by atoms with Gasteiger partial charge in [-0.3, -0.25) is 4.79 Å². The fraction of sp³-hybridized carbons (Fsp3) is 0.409. The van der Waals surface area contributed by atoms with Crippen molar-refractivity contribution >= 4 is 5.78 Å². The second-order valence-corrected chi connectivity index (χ2v) is 7.31. The molecular weight excluding hydrogens is 280 g/mol. The summed E-state index contributed by atoms with van der Waals surface area (Å²) < 4.78 is 0. The minimum atomic E-state index is 0.155. The number of Topliss-reactive ketones (excluding diaryl/α,β-unsaturated/α-hetero) is 1. The van der Waals surface area contributed by atoms with E-state index in [1.807, 2.05) is 0 Å². The minimum Gasteiger partial charge on any atom is -0.300 e. The van der Waals surface area contributed by atoms with Crippen molar-refractivity contribution in [2.45, 2.75) is 50.4 Å². The van der Waals surface area contributed by atoms with Crippen LogP contribution >= 0.6 is 0 Å². The Kier molecular flexibility index (Phi) is 3.80. The molecule has 0 N–H and O–H groups in total. The van der Waals surface area contributed by atoms with E-state index in [-0.39, 0.29) is 5.41 Å². The van der Waals surface area contributed by atoms with Gasteiger partial charge < -0.3 is 0 Å². The summed E-state index contributed by atoms with van der Waals surface area (Å²) in [5.74, 6) is 0.977. The van der Waals surface area contributed by atoms with Gasteiger partial charge >= 0.3 is 0 Å². The van der Waals surface area contributed by atoms with Crippen molar-refractivity contribution in [1.82, 2.24) is 0 Å². The van der Waals surface area contributed by atoms with E-state index in [0.29, 0.717) is 11.7 Å². The lowest BCUT2D eigenvalue weighted by Gasteiger charge is -2.44. The Morgan fingerprint density at radius 1 is 0.957 bits per heavy atom. The van der Waals surface area contributed by atoms with Gasteiger partial charge in [-0.15, -0.1) is 0 Å². The highest BCUT2D eigenvalue weighted by atomic mass is 16.1. The minimum absolute atomic E-state index is 0.155. The molecule has 2 aliphatic rings. The van der Waals surface area contributed by atoms with E-state index in [1.54, 1.807) is 0 Å². The predicted octanol–water partition coefficient (Wildman–Crippen LogP) is 4.87. The first-order valence-corrected chi connectivity index (χ1v) is 8.92. The molecule has 118 valence electrons. The third kappa shape index (κ3) is 2.63. The molecular formula is C22H24O. The van der Waals surface area contributed by atoms with Crippen LogP contribution in [-0.4, -0.2) is 5.78 Å². The number of hydrogen-bond donors (Lipinski definition) is 0. The molecule has 0 saturated heterocycles. The molecule has 0 amide bonds. The molecule has 0 radical (unpaired) electrons. The van der Waals surface area contributed by atoms with Gasteiger partial charge in [0.05, 0.1) is 0 Å². The van der Waals surface area contributed by atoms with Gasteiger partial charge in [0.25, 0.3) is 0 Å². The molecule has 0 bridgehead atoms. The van der Waals surface area contributed by atoms with Crippen molar-refractivity contribution in [3.05, 3.63) is 71.3 Å². The first-order valence-electron chi connectivity index (χ1n) is 8.92. The number of rotatable bonds is 2. The third-order valence-electron chi connectivity index (χ3n) is 6.02. The average molecular weight is 304 g/mol. The molecule has 2 unspecified atom stereocenters. The summed E-state index contributed by atoms with van der Waals surface area (Å²) >= 11 is 0. The summed E-state index contributed by atoms with van der Waals surface area (Å²) in [5, 5.41) is 0.